The summed E-state index contributed by atoms with van der Waals surface area (Å²) in [5, 5.41) is 29.7. The van der Waals surface area contributed by atoms with Gasteiger partial charge in [0.1, 0.15) is 18.2 Å². The minimum Gasteiger partial charge on any atom is -0.493 e. The number of nitrogens with one attached hydrogen (secondary N) is 1. The smallest absolute Gasteiger partial charge is 0.167 e. The Balaban J connectivity index is 2.26. The molecule has 2 N–H and O–H groups in total. The van der Waals surface area contributed by atoms with Crippen molar-refractivity contribution in [3.8, 4) is 17.6 Å². The highest BCUT2D eigenvalue weighted by atomic mass is 16.5. The molecule has 0 spiro atoms. The molecule has 0 fully saturated rings. The van der Waals surface area contributed by atoms with Gasteiger partial charge < -0.3 is 19.9 Å². The molecule has 0 bridgehead atoms. The molecular weight excluding hydrogens is 320 g/mol. The molecule has 0 aliphatic rings. The number of rotatable bonds is 7. The van der Waals surface area contributed by atoms with Crippen LogP contribution in [0.4, 0.5) is 5.82 Å². The van der Waals surface area contributed by atoms with Crippen LogP contribution in [0.1, 0.15) is 35.3 Å². The predicted molar refractivity (Wildman–Crippen MR) is 93.8 cm³/mol. The van der Waals surface area contributed by atoms with Crippen molar-refractivity contribution < 1.29 is 14.6 Å². The number of nitrogens with zero attached hydrogens (tertiary/aromatic N) is 3. The van der Waals surface area contributed by atoms with E-state index in [0.717, 1.165) is 16.8 Å². The molecule has 0 aliphatic carbocycles. The summed E-state index contributed by atoms with van der Waals surface area (Å²) in [4.78, 5) is 0. The monoisotopic (exact) mass is 342 g/mol. The van der Waals surface area contributed by atoms with Crippen molar-refractivity contribution in [3.63, 3.8) is 0 Å². The van der Waals surface area contributed by atoms with Crippen LogP contribution in [0.3, 0.4) is 0 Å². The molecule has 1 atom stereocenters. The lowest BCUT2D eigenvalue weighted by Gasteiger charge is -2.18. The third-order valence-corrected chi connectivity index (χ3v) is 3.96. The highest BCUT2D eigenvalue weighted by molar-refractivity contribution is 5.57. The third kappa shape index (κ3) is 4.17. The Bertz CT molecular complexity index is 787. The molecule has 1 aromatic heterocycles. The van der Waals surface area contributed by atoms with Crippen LogP contribution in [0, 0.1) is 25.2 Å². The summed E-state index contributed by atoms with van der Waals surface area (Å²) in [6, 6.07) is 7.60. The number of aliphatic hydroxyl groups is 1. The van der Waals surface area contributed by atoms with Crippen molar-refractivity contribution in [3.05, 3.63) is 40.6 Å². The number of methoxy groups -OCH3 is 1. The summed E-state index contributed by atoms with van der Waals surface area (Å²) >= 11 is 0. The molecule has 0 amide bonds. The van der Waals surface area contributed by atoms with Gasteiger partial charge in [-0.25, -0.2) is 0 Å². The van der Waals surface area contributed by atoms with E-state index in [1.165, 1.54) is 0 Å². The van der Waals surface area contributed by atoms with Gasteiger partial charge in [-0.05, 0) is 44.0 Å². The average molecular weight is 342 g/mol. The van der Waals surface area contributed by atoms with E-state index in [4.69, 9.17) is 14.6 Å². The van der Waals surface area contributed by atoms with E-state index >= 15 is 0 Å². The number of aliphatic hydroxyl groups excluding tert-OH is 1. The zero-order chi connectivity index (χ0) is 18.4. The van der Waals surface area contributed by atoms with Crippen LogP contribution in [-0.2, 0) is 0 Å². The van der Waals surface area contributed by atoms with Crippen LogP contribution in [0.2, 0.25) is 0 Å². The van der Waals surface area contributed by atoms with Gasteiger partial charge in [-0.3, -0.25) is 0 Å². The van der Waals surface area contributed by atoms with Gasteiger partial charge in [-0.2, -0.15) is 10.4 Å². The van der Waals surface area contributed by atoms with E-state index in [2.05, 4.69) is 21.6 Å². The van der Waals surface area contributed by atoms with E-state index in [1.54, 1.807) is 13.2 Å². The molecule has 7 heteroatoms. The molecular formula is C18H22N4O3. The summed E-state index contributed by atoms with van der Waals surface area (Å²) in [6.07, 6.45) is 0. The van der Waals surface area contributed by atoms with Crippen LogP contribution in [0.15, 0.2) is 18.2 Å². The number of anilines is 1. The van der Waals surface area contributed by atoms with Gasteiger partial charge in [0.25, 0.3) is 0 Å². The van der Waals surface area contributed by atoms with E-state index in [9.17, 15) is 5.26 Å². The number of benzene rings is 1. The van der Waals surface area contributed by atoms with Crippen LogP contribution >= 0.6 is 0 Å². The van der Waals surface area contributed by atoms with E-state index < -0.39 is 0 Å². The molecule has 7 nitrogen and oxygen atoms in total. The predicted octanol–water partition coefficient (Wildman–Crippen LogP) is 2.52. The molecule has 1 heterocycles. The minimum atomic E-state index is -0.121. The third-order valence-electron chi connectivity index (χ3n) is 3.96. The summed E-state index contributed by atoms with van der Waals surface area (Å²) < 4.78 is 10.8. The van der Waals surface area contributed by atoms with Crippen molar-refractivity contribution in [2.24, 2.45) is 0 Å². The Hall–Kier alpha value is -2.85. The van der Waals surface area contributed by atoms with E-state index in [0.29, 0.717) is 22.9 Å². The average Bonchev–Trinajstić information content (AvgIpc) is 2.63. The Morgan fingerprint density at radius 1 is 1.28 bits per heavy atom. The first-order chi connectivity index (χ1) is 12.0. The minimum absolute atomic E-state index is 0.0642. The SMILES string of the molecule is COc1cc(C(C)Nc2nnc(C)c(C)c2C#N)ccc1OCCO. The maximum absolute atomic E-state index is 9.39. The van der Waals surface area contributed by atoms with Crippen molar-refractivity contribution in [2.75, 3.05) is 25.6 Å². The number of ether oxygens (including phenoxy) is 2. The normalized spacial score (nSPS) is 11.5. The largest absolute Gasteiger partial charge is 0.493 e. The first-order valence-corrected chi connectivity index (χ1v) is 7.93. The number of hydrogen-bond donors (Lipinski definition) is 2. The van der Waals surface area contributed by atoms with Gasteiger partial charge >= 0.3 is 0 Å². The highest BCUT2D eigenvalue weighted by Gasteiger charge is 2.15. The van der Waals surface area contributed by atoms with Crippen molar-refractivity contribution in [1.29, 1.82) is 5.26 Å². The maximum Gasteiger partial charge on any atom is 0.167 e. The van der Waals surface area contributed by atoms with Crippen LogP contribution < -0.4 is 14.8 Å². The Morgan fingerprint density at radius 3 is 2.68 bits per heavy atom. The first-order valence-electron chi connectivity index (χ1n) is 7.93. The summed E-state index contributed by atoms with van der Waals surface area (Å²) in [5.41, 5.74) is 2.99. The standard InChI is InChI=1S/C18H22N4O3/c1-11-12(2)21-22-18(15(11)10-19)20-13(3)14-5-6-16(25-8-7-23)17(9-14)24-4/h5-6,9,13,23H,7-8H2,1-4H3,(H,20,22). The molecule has 0 saturated carbocycles. The summed E-state index contributed by atoms with van der Waals surface area (Å²) in [5.74, 6) is 1.60. The topological polar surface area (TPSA) is 100 Å². The fourth-order valence-electron chi connectivity index (χ4n) is 2.36. The number of nitriles is 1. The van der Waals surface area contributed by atoms with Crippen LogP contribution in [0.5, 0.6) is 11.5 Å². The second-order valence-electron chi connectivity index (χ2n) is 5.59. The molecule has 0 saturated heterocycles. The maximum atomic E-state index is 9.39. The van der Waals surface area contributed by atoms with Crippen molar-refractivity contribution >= 4 is 5.82 Å². The van der Waals surface area contributed by atoms with E-state index in [1.807, 2.05) is 32.9 Å². The number of hydrogen-bond acceptors (Lipinski definition) is 7. The number of aryl methyl sites for hydroxylation is 1. The first kappa shape index (κ1) is 18.5. The molecule has 25 heavy (non-hydrogen) atoms. The molecule has 2 rings (SSSR count). The molecule has 1 aromatic carbocycles. The second-order valence-corrected chi connectivity index (χ2v) is 5.59. The Labute approximate surface area is 147 Å². The van der Waals surface area contributed by atoms with Gasteiger partial charge in [-0.15, -0.1) is 5.10 Å². The van der Waals surface area contributed by atoms with Crippen LogP contribution in [-0.4, -0.2) is 35.6 Å². The fourth-order valence-corrected chi connectivity index (χ4v) is 2.36. The Morgan fingerprint density at radius 2 is 2.04 bits per heavy atom. The zero-order valence-electron chi connectivity index (χ0n) is 14.8. The Kier molecular flexibility index (Phi) is 6.14. The van der Waals surface area contributed by atoms with Gasteiger partial charge in [-0.1, -0.05) is 6.07 Å². The second kappa shape index (κ2) is 8.31. The van der Waals surface area contributed by atoms with Gasteiger partial charge in [0, 0.05) is 0 Å². The van der Waals surface area contributed by atoms with Gasteiger partial charge in [0.05, 0.1) is 25.5 Å². The molecule has 132 valence electrons. The van der Waals surface area contributed by atoms with Gasteiger partial charge in [0.2, 0.25) is 0 Å². The molecule has 2 aromatic rings. The fraction of sp³-hybridized carbons (Fsp3) is 0.389. The molecule has 0 radical (unpaired) electrons. The van der Waals surface area contributed by atoms with E-state index in [-0.39, 0.29) is 19.3 Å². The summed E-state index contributed by atoms with van der Waals surface area (Å²) in [6.45, 7) is 5.78. The quantitative estimate of drug-likeness (QED) is 0.797. The lowest BCUT2D eigenvalue weighted by atomic mass is 10.1. The lowest BCUT2D eigenvalue weighted by Crippen LogP contribution is -2.12. The lowest BCUT2D eigenvalue weighted by molar-refractivity contribution is 0.196. The number of aromatic nitrogens is 2. The van der Waals surface area contributed by atoms with Crippen molar-refractivity contribution in [2.45, 2.75) is 26.8 Å². The highest BCUT2D eigenvalue weighted by Crippen LogP contribution is 2.31. The van der Waals surface area contributed by atoms with Gasteiger partial charge in [0.15, 0.2) is 17.3 Å². The van der Waals surface area contributed by atoms with Crippen molar-refractivity contribution in [1.82, 2.24) is 10.2 Å². The molecule has 0 aliphatic heterocycles. The summed E-state index contributed by atoms with van der Waals surface area (Å²) in [7, 11) is 1.56. The van der Waals surface area contributed by atoms with Crippen LogP contribution in [0.25, 0.3) is 0 Å². The zero-order valence-corrected chi connectivity index (χ0v) is 14.8. The molecule has 1 unspecified atom stereocenters.